The fourth-order valence-electron chi connectivity index (χ4n) is 3.79. The summed E-state index contributed by atoms with van der Waals surface area (Å²) in [5.41, 5.74) is 1.75. The molecule has 8 N–H and O–H groups in total. The van der Waals surface area contributed by atoms with Gasteiger partial charge in [0.05, 0.1) is 46.5 Å². The second-order valence-corrected chi connectivity index (χ2v) is 10.9. The van der Waals surface area contributed by atoms with E-state index in [9.17, 15) is 37.6 Å². The summed E-state index contributed by atoms with van der Waals surface area (Å²) in [7, 11) is -4.33. The number of aromatic hydroxyl groups is 2. The molecule has 4 aromatic carbocycles. The molecule has 0 fully saturated rings. The van der Waals surface area contributed by atoms with Gasteiger partial charge in [0, 0.05) is 22.3 Å². The quantitative estimate of drug-likeness (QED) is 0.0969. The number of nitrogens with zero attached hydrogens (tertiary/aromatic N) is 4. The van der Waals surface area contributed by atoms with E-state index < -0.39 is 34.5 Å². The van der Waals surface area contributed by atoms with Crippen molar-refractivity contribution in [2.75, 3.05) is 4.72 Å². The van der Waals surface area contributed by atoms with Crippen LogP contribution >= 0.6 is 0 Å². The number of anilines is 1. The zero-order chi connectivity index (χ0) is 30.4. The molecule has 0 aliphatic rings. The largest absolute Gasteiger partial charge is 0.508 e. The summed E-state index contributed by atoms with van der Waals surface area (Å²) in [4.78, 5) is -0.345. The summed E-state index contributed by atoms with van der Waals surface area (Å²) in [5, 5.41) is 59.7. The van der Waals surface area contributed by atoms with Gasteiger partial charge in [0.1, 0.15) is 11.5 Å². The molecule has 1 atom stereocenters. The normalized spacial score (nSPS) is 12.7. The minimum absolute atomic E-state index is 0.0361. The highest BCUT2D eigenvalue weighted by molar-refractivity contribution is 7.89. The predicted octanol–water partition coefficient (Wildman–Crippen LogP) is 4.78. The smallest absolute Gasteiger partial charge is 0.259 e. The van der Waals surface area contributed by atoms with Crippen molar-refractivity contribution in [3.8, 4) is 22.6 Å². The van der Waals surface area contributed by atoms with Gasteiger partial charge in [0.25, 0.3) is 11.3 Å². The Morgan fingerprint density at radius 3 is 1.57 bits per heavy atom. The van der Waals surface area contributed by atoms with Crippen molar-refractivity contribution in [1.82, 2.24) is 0 Å². The Labute approximate surface area is 242 Å². The summed E-state index contributed by atoms with van der Waals surface area (Å²) in [6.07, 6.45) is 0. The predicted molar refractivity (Wildman–Crippen MR) is 154 cm³/mol. The summed E-state index contributed by atoms with van der Waals surface area (Å²) < 4.78 is 48.6. The molecule has 1 unspecified atom stereocenters. The molecule has 0 heterocycles. The minimum Gasteiger partial charge on any atom is -0.508 e. The number of sulfonamides is 1. The summed E-state index contributed by atoms with van der Waals surface area (Å²) in [6, 6.07) is 16.8. The molecule has 16 heteroatoms. The molecule has 0 saturated heterocycles. The third-order valence-corrected chi connectivity index (χ3v) is 7.14. The average molecular weight is 613 g/mol. The van der Waals surface area contributed by atoms with Gasteiger partial charge in [-0.2, -0.15) is 20.5 Å². The van der Waals surface area contributed by atoms with Crippen molar-refractivity contribution >= 4 is 49.7 Å². The standard InChI is InChI=1S/C26H24N6O8S2/c27-42(39,40)26-12-20(31-29-18-4-8-25(36)16(10-18)14-34)2-6-22(26)21-5-1-19(11-23(21)32-41(37)38)30-28-17-3-7-24(35)15(9-17)13-33/h1-12,32-36H,13-14H2,(H,37,38)(H2,27,39,40). The summed E-state index contributed by atoms with van der Waals surface area (Å²) in [5.74, 6) is -0.221. The molecule has 14 nitrogen and oxygen atoms in total. The second kappa shape index (κ2) is 12.9. The molecule has 218 valence electrons. The Balaban J connectivity index is 1.73. The van der Waals surface area contributed by atoms with E-state index in [-0.39, 0.29) is 55.7 Å². The van der Waals surface area contributed by atoms with Crippen LogP contribution in [-0.2, 0) is 34.5 Å². The Morgan fingerprint density at radius 1 is 0.690 bits per heavy atom. The van der Waals surface area contributed by atoms with Crippen LogP contribution in [0.15, 0.2) is 98.1 Å². The fourth-order valence-corrected chi connectivity index (χ4v) is 4.92. The number of azo groups is 2. The first kappa shape index (κ1) is 30.4. The number of phenols is 2. The van der Waals surface area contributed by atoms with Crippen LogP contribution in [0.25, 0.3) is 11.1 Å². The van der Waals surface area contributed by atoms with E-state index in [1.165, 1.54) is 72.8 Å². The molecule has 0 aliphatic heterocycles. The van der Waals surface area contributed by atoms with Crippen LogP contribution < -0.4 is 9.86 Å². The molecule has 0 radical (unpaired) electrons. The average Bonchev–Trinajstić information content (AvgIpc) is 2.95. The number of nitrogens with one attached hydrogen (secondary N) is 1. The molecule has 0 amide bonds. The fraction of sp³-hybridized carbons (Fsp3) is 0.0769. The molecule has 42 heavy (non-hydrogen) atoms. The van der Waals surface area contributed by atoms with E-state index in [2.05, 4.69) is 25.2 Å². The number of rotatable bonds is 10. The molecular formula is C26H24N6O8S2. The highest BCUT2D eigenvalue weighted by Crippen LogP contribution is 2.38. The van der Waals surface area contributed by atoms with Gasteiger partial charge in [-0.1, -0.05) is 12.1 Å². The number of primary sulfonamides is 1. The maximum Gasteiger partial charge on any atom is 0.259 e. The number of benzene rings is 4. The van der Waals surface area contributed by atoms with Crippen LogP contribution in [0, 0.1) is 0 Å². The van der Waals surface area contributed by atoms with E-state index in [0.717, 1.165) is 0 Å². The monoisotopic (exact) mass is 612 g/mol. The van der Waals surface area contributed by atoms with Crippen molar-refractivity contribution in [1.29, 1.82) is 0 Å². The number of aliphatic hydroxyl groups is 2. The Kier molecular flexibility index (Phi) is 9.36. The van der Waals surface area contributed by atoms with Gasteiger partial charge in [0.2, 0.25) is 10.0 Å². The van der Waals surface area contributed by atoms with Crippen LogP contribution in [-0.4, -0.2) is 37.6 Å². The van der Waals surface area contributed by atoms with Gasteiger partial charge >= 0.3 is 0 Å². The molecule has 0 saturated carbocycles. The molecule has 4 aromatic rings. The number of aliphatic hydroxyl groups excluding tert-OH is 2. The van der Waals surface area contributed by atoms with Crippen LogP contribution in [0.4, 0.5) is 28.4 Å². The molecule has 0 bridgehead atoms. The lowest BCUT2D eigenvalue weighted by molar-refractivity contribution is 0.275. The lowest BCUT2D eigenvalue weighted by Gasteiger charge is -2.14. The lowest BCUT2D eigenvalue weighted by Crippen LogP contribution is -2.14. The zero-order valence-corrected chi connectivity index (χ0v) is 23.1. The van der Waals surface area contributed by atoms with Gasteiger partial charge in [0.15, 0.2) is 0 Å². The van der Waals surface area contributed by atoms with Crippen molar-refractivity contribution in [2.45, 2.75) is 18.1 Å². The van der Waals surface area contributed by atoms with Gasteiger partial charge in [-0.25, -0.2) is 17.8 Å². The Bertz CT molecular complexity index is 1830. The third kappa shape index (κ3) is 7.38. The van der Waals surface area contributed by atoms with Crippen molar-refractivity contribution in [2.24, 2.45) is 25.6 Å². The van der Waals surface area contributed by atoms with Crippen molar-refractivity contribution in [3.63, 3.8) is 0 Å². The Morgan fingerprint density at radius 2 is 1.12 bits per heavy atom. The maximum absolute atomic E-state index is 12.6. The highest BCUT2D eigenvalue weighted by atomic mass is 32.2. The van der Waals surface area contributed by atoms with E-state index in [1.807, 2.05) is 0 Å². The van der Waals surface area contributed by atoms with Crippen LogP contribution in [0.5, 0.6) is 11.5 Å². The molecule has 4 rings (SSSR count). The SMILES string of the molecule is NS(=O)(=O)c1cc(N=Nc2ccc(O)c(CO)c2)ccc1-c1ccc(N=Nc2ccc(O)c(CO)c2)cc1NS(=O)O. The van der Waals surface area contributed by atoms with E-state index >= 15 is 0 Å². The first-order valence-corrected chi connectivity index (χ1v) is 14.5. The summed E-state index contributed by atoms with van der Waals surface area (Å²) >= 11 is -2.54. The third-order valence-electron chi connectivity index (χ3n) is 5.79. The van der Waals surface area contributed by atoms with Crippen LogP contribution in [0.2, 0.25) is 0 Å². The molecule has 0 aromatic heterocycles. The molecular weight excluding hydrogens is 588 g/mol. The van der Waals surface area contributed by atoms with Crippen LogP contribution in [0.3, 0.4) is 0 Å². The van der Waals surface area contributed by atoms with Crippen molar-refractivity contribution < 1.29 is 37.6 Å². The van der Waals surface area contributed by atoms with E-state index in [0.29, 0.717) is 11.4 Å². The second-order valence-electron chi connectivity index (χ2n) is 8.65. The number of hydrogen-bond donors (Lipinski definition) is 7. The van der Waals surface area contributed by atoms with Gasteiger partial charge in [-0.05, 0) is 60.7 Å². The number of nitrogens with two attached hydrogens (primary N) is 1. The zero-order valence-electron chi connectivity index (χ0n) is 21.5. The highest BCUT2D eigenvalue weighted by Gasteiger charge is 2.20. The van der Waals surface area contributed by atoms with E-state index in [4.69, 9.17) is 5.14 Å². The number of hydrogen-bond acceptors (Lipinski definition) is 11. The Hall–Kier alpha value is -4.58. The van der Waals surface area contributed by atoms with Gasteiger partial charge < -0.3 is 20.4 Å². The summed E-state index contributed by atoms with van der Waals surface area (Å²) in [6.45, 7) is -0.829. The topological polar surface area (TPSA) is 240 Å². The molecule has 0 aliphatic carbocycles. The van der Waals surface area contributed by atoms with Crippen molar-refractivity contribution in [3.05, 3.63) is 83.9 Å². The lowest BCUT2D eigenvalue weighted by atomic mass is 10.0. The first-order chi connectivity index (χ1) is 20.0. The van der Waals surface area contributed by atoms with Gasteiger partial charge in [-0.3, -0.25) is 9.27 Å². The van der Waals surface area contributed by atoms with E-state index in [1.54, 1.807) is 0 Å². The maximum atomic E-state index is 12.6. The minimum atomic E-state index is -4.33. The molecule has 0 spiro atoms. The van der Waals surface area contributed by atoms with Gasteiger partial charge in [-0.15, -0.1) is 0 Å². The van der Waals surface area contributed by atoms with Crippen LogP contribution in [0.1, 0.15) is 11.1 Å². The first-order valence-electron chi connectivity index (χ1n) is 11.9.